The highest BCUT2D eigenvalue weighted by molar-refractivity contribution is 9.10. The first kappa shape index (κ1) is 15.4. The van der Waals surface area contributed by atoms with E-state index in [4.69, 9.17) is 9.47 Å². The van der Waals surface area contributed by atoms with Crippen LogP contribution in [0, 0.1) is 0 Å². The number of ether oxygens (including phenoxy) is 2. The van der Waals surface area contributed by atoms with E-state index in [0.29, 0.717) is 11.5 Å². The summed E-state index contributed by atoms with van der Waals surface area (Å²) in [5.41, 5.74) is 1.93. The van der Waals surface area contributed by atoms with Gasteiger partial charge in [0, 0.05) is 17.1 Å². The van der Waals surface area contributed by atoms with Gasteiger partial charge < -0.3 is 9.47 Å². The van der Waals surface area contributed by atoms with Gasteiger partial charge in [-0.1, -0.05) is 18.2 Å². The van der Waals surface area contributed by atoms with Crippen LogP contribution in [0.15, 0.2) is 52.0 Å². The van der Waals surface area contributed by atoms with E-state index < -0.39 is 0 Å². The molecule has 0 saturated heterocycles. The zero-order valence-electron chi connectivity index (χ0n) is 12.2. The zero-order valence-corrected chi connectivity index (χ0v) is 13.8. The Morgan fingerprint density at radius 3 is 2.29 bits per heavy atom. The highest BCUT2D eigenvalue weighted by Crippen LogP contribution is 2.32. The molecule has 5 heteroatoms. The van der Waals surface area contributed by atoms with Crippen molar-refractivity contribution in [2.75, 3.05) is 26.3 Å². The lowest BCUT2D eigenvalue weighted by molar-refractivity contribution is 0.354. The Morgan fingerprint density at radius 2 is 1.67 bits per heavy atom. The van der Waals surface area contributed by atoms with Crippen LogP contribution in [-0.4, -0.2) is 27.5 Å². The van der Waals surface area contributed by atoms with E-state index in [1.165, 1.54) is 0 Å². The van der Waals surface area contributed by atoms with E-state index in [1.807, 2.05) is 54.5 Å². The van der Waals surface area contributed by atoms with Crippen LogP contribution in [-0.2, 0) is 0 Å². The zero-order chi connectivity index (χ0) is 15.2. The summed E-state index contributed by atoms with van der Waals surface area (Å²) >= 11 is 3.51. The van der Waals surface area contributed by atoms with Crippen molar-refractivity contribution in [1.82, 2.24) is 0 Å². The van der Waals surface area contributed by atoms with Crippen molar-refractivity contribution < 1.29 is 9.47 Å². The molecule has 0 saturated carbocycles. The van der Waals surface area contributed by atoms with Crippen LogP contribution in [0.25, 0.3) is 0 Å². The van der Waals surface area contributed by atoms with Gasteiger partial charge >= 0.3 is 0 Å². The van der Waals surface area contributed by atoms with Crippen molar-refractivity contribution >= 4 is 27.8 Å². The number of rotatable bonds is 5. The molecular formula is C16H17BrN2O2. The number of hydrogen-bond donors (Lipinski definition) is 0. The summed E-state index contributed by atoms with van der Waals surface area (Å²) in [5, 5.41) is 6.25. The van der Waals surface area contributed by atoms with Gasteiger partial charge in [0.05, 0.1) is 26.1 Å². The van der Waals surface area contributed by atoms with Gasteiger partial charge in [0.1, 0.15) is 0 Å². The van der Waals surface area contributed by atoms with Gasteiger partial charge in [-0.15, -0.1) is 0 Å². The summed E-state index contributed by atoms with van der Waals surface area (Å²) in [4.78, 5) is 0. The molecule has 0 heterocycles. The first-order valence-corrected chi connectivity index (χ1v) is 7.19. The van der Waals surface area contributed by atoms with E-state index >= 15 is 0 Å². The number of para-hydroxylation sites is 1. The van der Waals surface area contributed by atoms with Gasteiger partial charge in [-0.25, -0.2) is 0 Å². The highest BCUT2D eigenvalue weighted by atomic mass is 79.9. The minimum absolute atomic E-state index is 0.671. The Morgan fingerprint density at radius 1 is 1.05 bits per heavy atom. The van der Waals surface area contributed by atoms with Crippen molar-refractivity contribution in [3.05, 3.63) is 52.5 Å². The highest BCUT2D eigenvalue weighted by Gasteiger charge is 2.08. The SMILES string of the molecule is COc1cc(Br)c(/C=N\N(C)c2ccccc2)cc1OC. The molecule has 0 aliphatic heterocycles. The molecule has 2 rings (SSSR count). The molecule has 0 spiro atoms. The molecule has 0 N–H and O–H groups in total. The average Bonchev–Trinajstić information content (AvgIpc) is 2.53. The van der Waals surface area contributed by atoms with Crippen molar-refractivity contribution in [1.29, 1.82) is 0 Å². The molecule has 0 aliphatic rings. The maximum Gasteiger partial charge on any atom is 0.161 e. The number of hydrazone groups is 1. The molecular weight excluding hydrogens is 332 g/mol. The Bertz CT molecular complexity index is 630. The molecule has 0 bridgehead atoms. The van der Waals surface area contributed by atoms with Crippen molar-refractivity contribution in [3.63, 3.8) is 0 Å². The number of hydrogen-bond acceptors (Lipinski definition) is 4. The summed E-state index contributed by atoms with van der Waals surface area (Å²) in [7, 11) is 5.13. The summed E-state index contributed by atoms with van der Waals surface area (Å²) in [6, 6.07) is 13.7. The van der Waals surface area contributed by atoms with Gasteiger partial charge in [0.25, 0.3) is 0 Å². The average molecular weight is 349 g/mol. The molecule has 0 unspecified atom stereocenters. The number of methoxy groups -OCH3 is 2. The Balaban J connectivity index is 2.25. The van der Waals surface area contributed by atoms with Gasteiger partial charge in [0.15, 0.2) is 11.5 Å². The van der Waals surface area contributed by atoms with Crippen molar-refractivity contribution in [3.8, 4) is 11.5 Å². The first-order valence-electron chi connectivity index (χ1n) is 6.40. The predicted molar refractivity (Wildman–Crippen MR) is 89.7 cm³/mol. The van der Waals surface area contributed by atoms with Gasteiger partial charge in [-0.05, 0) is 40.2 Å². The van der Waals surface area contributed by atoms with Gasteiger partial charge in [-0.3, -0.25) is 5.01 Å². The minimum Gasteiger partial charge on any atom is -0.493 e. The van der Waals surface area contributed by atoms with E-state index in [-0.39, 0.29) is 0 Å². The molecule has 21 heavy (non-hydrogen) atoms. The molecule has 2 aromatic carbocycles. The largest absolute Gasteiger partial charge is 0.493 e. The summed E-state index contributed by atoms with van der Waals surface area (Å²) in [6.07, 6.45) is 1.78. The van der Waals surface area contributed by atoms with Gasteiger partial charge in [0.2, 0.25) is 0 Å². The lowest BCUT2D eigenvalue weighted by Gasteiger charge is -2.13. The predicted octanol–water partition coefficient (Wildman–Crippen LogP) is 3.94. The second-order valence-electron chi connectivity index (χ2n) is 4.33. The fourth-order valence-electron chi connectivity index (χ4n) is 1.83. The fraction of sp³-hybridized carbons (Fsp3) is 0.188. The van der Waals surface area contributed by atoms with Crippen LogP contribution in [0.1, 0.15) is 5.56 Å². The van der Waals surface area contributed by atoms with Crippen molar-refractivity contribution in [2.45, 2.75) is 0 Å². The maximum absolute atomic E-state index is 5.30. The molecule has 0 radical (unpaired) electrons. The molecule has 0 aliphatic carbocycles. The third kappa shape index (κ3) is 3.76. The second-order valence-corrected chi connectivity index (χ2v) is 5.19. The Hall–Kier alpha value is -2.01. The van der Waals surface area contributed by atoms with Crippen molar-refractivity contribution in [2.24, 2.45) is 5.10 Å². The topological polar surface area (TPSA) is 34.1 Å². The normalized spacial score (nSPS) is 10.7. The van der Waals surface area contributed by atoms with Gasteiger partial charge in [-0.2, -0.15) is 5.10 Å². The van der Waals surface area contributed by atoms with Crippen LogP contribution in [0.2, 0.25) is 0 Å². The number of halogens is 1. The first-order chi connectivity index (χ1) is 10.2. The van der Waals surface area contributed by atoms with Crippen LogP contribution >= 0.6 is 15.9 Å². The molecule has 2 aromatic rings. The van der Waals surface area contributed by atoms with E-state index in [1.54, 1.807) is 20.4 Å². The van der Waals surface area contributed by atoms with Crippen LogP contribution in [0.5, 0.6) is 11.5 Å². The lowest BCUT2D eigenvalue weighted by atomic mass is 10.2. The standard InChI is InChI=1S/C16H17BrN2O2/c1-19(13-7-5-4-6-8-13)18-11-12-9-15(20-2)16(21-3)10-14(12)17/h4-11H,1-3H3/b18-11-. The van der Waals surface area contributed by atoms with E-state index in [9.17, 15) is 0 Å². The third-order valence-corrected chi connectivity index (χ3v) is 3.69. The summed E-state index contributed by atoms with van der Waals surface area (Å²) in [5.74, 6) is 1.35. The maximum atomic E-state index is 5.30. The summed E-state index contributed by atoms with van der Waals surface area (Å²) in [6.45, 7) is 0. The number of anilines is 1. The lowest BCUT2D eigenvalue weighted by Crippen LogP contribution is -2.08. The monoisotopic (exact) mass is 348 g/mol. The Kier molecular flexibility index (Phi) is 5.22. The molecule has 0 fully saturated rings. The molecule has 0 amide bonds. The molecule has 0 atom stereocenters. The summed E-state index contributed by atoms with van der Waals surface area (Å²) < 4.78 is 11.5. The van der Waals surface area contributed by atoms with Crippen LogP contribution in [0.4, 0.5) is 5.69 Å². The molecule has 0 aromatic heterocycles. The second kappa shape index (κ2) is 7.13. The minimum atomic E-state index is 0.671. The quantitative estimate of drug-likeness (QED) is 0.606. The van der Waals surface area contributed by atoms with E-state index in [0.717, 1.165) is 15.7 Å². The third-order valence-electron chi connectivity index (χ3n) is 3.00. The van der Waals surface area contributed by atoms with E-state index in [2.05, 4.69) is 21.0 Å². The fourth-order valence-corrected chi connectivity index (χ4v) is 2.25. The number of benzene rings is 2. The smallest absolute Gasteiger partial charge is 0.161 e. The number of nitrogens with zero attached hydrogens (tertiary/aromatic N) is 2. The van der Waals surface area contributed by atoms with Crippen LogP contribution in [0.3, 0.4) is 0 Å². The molecule has 4 nitrogen and oxygen atoms in total. The van der Waals surface area contributed by atoms with Crippen LogP contribution < -0.4 is 14.5 Å². The Labute approximate surface area is 133 Å². The molecule has 110 valence electrons.